The van der Waals surface area contributed by atoms with E-state index in [1.165, 1.54) is 11.8 Å². The minimum absolute atomic E-state index is 0.188. The summed E-state index contributed by atoms with van der Waals surface area (Å²) < 4.78 is 0. The molecule has 4 N–H and O–H groups in total. The number of amides is 1. The van der Waals surface area contributed by atoms with E-state index in [1.54, 1.807) is 0 Å². The Balaban J connectivity index is 1.65. The first-order chi connectivity index (χ1) is 10.2. The van der Waals surface area contributed by atoms with Crippen molar-refractivity contribution in [2.24, 2.45) is 0 Å². The Morgan fingerprint density at radius 3 is 2.81 bits per heavy atom. The van der Waals surface area contributed by atoms with E-state index in [-0.39, 0.29) is 5.91 Å². The predicted octanol–water partition coefficient (Wildman–Crippen LogP) is 1.24. The molecule has 0 fully saturated rings. The third kappa shape index (κ3) is 4.61. The van der Waals surface area contributed by atoms with Gasteiger partial charge in [0.2, 0.25) is 0 Å². The summed E-state index contributed by atoms with van der Waals surface area (Å²) in [7, 11) is 2.07. The largest absolute Gasteiger partial charge is 0.383 e. The molecular formula is C15H21N5O. The molecule has 0 saturated carbocycles. The summed E-state index contributed by atoms with van der Waals surface area (Å²) in [6.07, 6.45) is 2.32. The molecule has 21 heavy (non-hydrogen) atoms. The highest BCUT2D eigenvalue weighted by atomic mass is 16.1. The maximum absolute atomic E-state index is 11.8. The van der Waals surface area contributed by atoms with Crippen LogP contribution < -0.4 is 11.1 Å². The van der Waals surface area contributed by atoms with Gasteiger partial charge in [-0.05, 0) is 25.6 Å². The first-order valence-electron chi connectivity index (χ1n) is 6.96. The minimum Gasteiger partial charge on any atom is -0.383 e. The molecule has 0 aliphatic carbocycles. The molecular weight excluding hydrogens is 266 g/mol. The maximum Gasteiger partial charge on any atom is 0.256 e. The molecule has 0 bridgehead atoms. The van der Waals surface area contributed by atoms with Gasteiger partial charge in [-0.3, -0.25) is 9.89 Å². The summed E-state index contributed by atoms with van der Waals surface area (Å²) in [5.74, 6) is 0.112. The average molecular weight is 287 g/mol. The Morgan fingerprint density at radius 2 is 2.14 bits per heavy atom. The van der Waals surface area contributed by atoms with Crippen molar-refractivity contribution in [2.75, 3.05) is 25.9 Å². The fraction of sp³-hybridized carbons (Fsp3) is 0.333. The lowest BCUT2D eigenvalue weighted by Gasteiger charge is -2.16. The van der Waals surface area contributed by atoms with Crippen LogP contribution in [0.25, 0.3) is 0 Å². The molecule has 2 rings (SSSR count). The molecule has 1 heterocycles. The molecule has 1 aromatic heterocycles. The van der Waals surface area contributed by atoms with Crippen molar-refractivity contribution in [3.63, 3.8) is 0 Å². The minimum atomic E-state index is -0.188. The van der Waals surface area contributed by atoms with Gasteiger partial charge in [0.1, 0.15) is 11.4 Å². The fourth-order valence-electron chi connectivity index (χ4n) is 2.10. The molecule has 6 heteroatoms. The highest BCUT2D eigenvalue weighted by molar-refractivity contribution is 5.97. The lowest BCUT2D eigenvalue weighted by Crippen LogP contribution is -2.28. The Kier molecular flexibility index (Phi) is 5.34. The van der Waals surface area contributed by atoms with Crippen molar-refractivity contribution < 1.29 is 4.79 Å². The number of nitrogen functional groups attached to an aromatic ring is 1. The number of nitrogens with two attached hydrogens (primary N) is 1. The van der Waals surface area contributed by atoms with Crippen LogP contribution in [-0.2, 0) is 6.54 Å². The molecule has 0 radical (unpaired) electrons. The van der Waals surface area contributed by atoms with Crippen molar-refractivity contribution in [1.29, 1.82) is 0 Å². The monoisotopic (exact) mass is 287 g/mol. The zero-order valence-corrected chi connectivity index (χ0v) is 12.2. The van der Waals surface area contributed by atoms with Crippen LogP contribution in [0.1, 0.15) is 22.3 Å². The van der Waals surface area contributed by atoms with Crippen molar-refractivity contribution in [2.45, 2.75) is 13.0 Å². The maximum atomic E-state index is 11.8. The first kappa shape index (κ1) is 15.1. The van der Waals surface area contributed by atoms with Gasteiger partial charge in [-0.25, -0.2) is 0 Å². The molecule has 6 nitrogen and oxygen atoms in total. The zero-order valence-electron chi connectivity index (χ0n) is 12.2. The average Bonchev–Trinajstić information content (AvgIpc) is 2.91. The van der Waals surface area contributed by atoms with Crippen LogP contribution in [0.2, 0.25) is 0 Å². The molecule has 0 aliphatic heterocycles. The van der Waals surface area contributed by atoms with E-state index in [1.807, 2.05) is 18.2 Å². The van der Waals surface area contributed by atoms with Crippen molar-refractivity contribution in [3.8, 4) is 0 Å². The molecule has 0 spiro atoms. The standard InChI is InChI=1S/C15H21N5O/c1-20(11-12-6-3-2-4-7-12)9-5-8-17-15(21)13-10-18-19-14(13)16/h2-4,6-7,10H,5,8-9,11H2,1H3,(H,17,21)(H3,16,18,19). The summed E-state index contributed by atoms with van der Waals surface area (Å²) in [4.78, 5) is 14.0. The second-order valence-corrected chi connectivity index (χ2v) is 5.03. The van der Waals surface area contributed by atoms with E-state index >= 15 is 0 Å². The van der Waals surface area contributed by atoms with Crippen molar-refractivity contribution in [1.82, 2.24) is 20.4 Å². The summed E-state index contributed by atoms with van der Waals surface area (Å²) in [6.45, 7) is 2.43. The van der Waals surface area contributed by atoms with Crippen LogP contribution in [0.3, 0.4) is 0 Å². The molecule has 2 aromatic rings. The van der Waals surface area contributed by atoms with Crippen LogP contribution >= 0.6 is 0 Å². The summed E-state index contributed by atoms with van der Waals surface area (Å²) in [5, 5.41) is 9.11. The van der Waals surface area contributed by atoms with E-state index in [9.17, 15) is 4.79 Å². The van der Waals surface area contributed by atoms with Gasteiger partial charge < -0.3 is 16.0 Å². The number of carbonyl (C=O) groups is 1. The van der Waals surface area contributed by atoms with Crippen molar-refractivity contribution >= 4 is 11.7 Å². The molecule has 0 aliphatic rings. The topological polar surface area (TPSA) is 87.0 Å². The molecule has 1 aromatic carbocycles. The molecule has 0 unspecified atom stereocenters. The summed E-state index contributed by atoms with van der Waals surface area (Å²) in [6, 6.07) is 10.3. The lowest BCUT2D eigenvalue weighted by atomic mass is 10.2. The molecule has 0 saturated heterocycles. The van der Waals surface area contributed by atoms with Crippen LogP contribution in [0.15, 0.2) is 36.5 Å². The lowest BCUT2D eigenvalue weighted by molar-refractivity contribution is 0.0953. The van der Waals surface area contributed by atoms with Crippen LogP contribution in [-0.4, -0.2) is 41.1 Å². The van der Waals surface area contributed by atoms with E-state index in [4.69, 9.17) is 5.73 Å². The van der Waals surface area contributed by atoms with Crippen LogP contribution in [0, 0.1) is 0 Å². The van der Waals surface area contributed by atoms with Gasteiger partial charge >= 0.3 is 0 Å². The van der Waals surface area contributed by atoms with E-state index < -0.39 is 0 Å². The van der Waals surface area contributed by atoms with Gasteiger partial charge in [0.25, 0.3) is 5.91 Å². The van der Waals surface area contributed by atoms with Gasteiger partial charge in [0.05, 0.1) is 6.20 Å². The Morgan fingerprint density at radius 1 is 1.38 bits per heavy atom. The van der Waals surface area contributed by atoms with Crippen LogP contribution in [0.5, 0.6) is 0 Å². The summed E-state index contributed by atoms with van der Waals surface area (Å²) >= 11 is 0. The third-order valence-electron chi connectivity index (χ3n) is 3.21. The molecule has 112 valence electrons. The number of aromatic nitrogens is 2. The zero-order chi connectivity index (χ0) is 15.1. The number of anilines is 1. The Labute approximate surface area is 124 Å². The number of benzene rings is 1. The number of rotatable bonds is 7. The number of carbonyl (C=O) groups excluding carboxylic acids is 1. The van der Waals surface area contributed by atoms with E-state index in [2.05, 4.69) is 39.6 Å². The smallest absolute Gasteiger partial charge is 0.256 e. The Hall–Kier alpha value is -2.34. The quantitative estimate of drug-likeness (QED) is 0.669. The highest BCUT2D eigenvalue weighted by Crippen LogP contribution is 2.05. The number of aromatic amines is 1. The summed E-state index contributed by atoms with van der Waals surface area (Å²) in [5.41, 5.74) is 7.28. The predicted molar refractivity (Wildman–Crippen MR) is 82.7 cm³/mol. The van der Waals surface area contributed by atoms with E-state index in [0.29, 0.717) is 17.9 Å². The second-order valence-electron chi connectivity index (χ2n) is 5.03. The Bertz CT molecular complexity index is 566. The number of nitrogens with one attached hydrogen (secondary N) is 2. The number of hydrogen-bond donors (Lipinski definition) is 3. The third-order valence-corrected chi connectivity index (χ3v) is 3.21. The molecule has 0 atom stereocenters. The molecule has 1 amide bonds. The van der Waals surface area contributed by atoms with Gasteiger partial charge in [0.15, 0.2) is 0 Å². The SMILES string of the molecule is CN(CCCNC(=O)c1cn[nH]c1N)Cc1ccccc1. The van der Waals surface area contributed by atoms with Gasteiger partial charge in [-0.1, -0.05) is 30.3 Å². The van der Waals surface area contributed by atoms with E-state index in [0.717, 1.165) is 19.5 Å². The number of hydrogen-bond acceptors (Lipinski definition) is 4. The second kappa shape index (κ2) is 7.44. The van der Waals surface area contributed by atoms with Crippen molar-refractivity contribution in [3.05, 3.63) is 47.7 Å². The highest BCUT2D eigenvalue weighted by Gasteiger charge is 2.10. The van der Waals surface area contributed by atoms with Gasteiger partial charge in [-0.15, -0.1) is 0 Å². The van der Waals surface area contributed by atoms with Crippen LogP contribution in [0.4, 0.5) is 5.82 Å². The number of nitrogens with zero attached hydrogens (tertiary/aromatic N) is 2. The van der Waals surface area contributed by atoms with Gasteiger partial charge in [0, 0.05) is 13.1 Å². The normalized spacial score (nSPS) is 10.8. The van der Waals surface area contributed by atoms with Gasteiger partial charge in [-0.2, -0.15) is 5.10 Å². The first-order valence-corrected chi connectivity index (χ1v) is 6.96. The fourth-order valence-corrected chi connectivity index (χ4v) is 2.10. The number of H-pyrrole nitrogens is 1.